The first kappa shape index (κ1) is 56.2. The van der Waals surface area contributed by atoms with Crippen molar-refractivity contribution in [1.82, 2.24) is 10.1 Å². The maximum absolute atomic E-state index is 13.7. The number of hydrogen-bond donors (Lipinski definition) is 12. The molecule has 0 radical (unpaired) electrons. The third-order valence-electron chi connectivity index (χ3n) is 14.9. The maximum Gasteiger partial charge on any atom is 0.261 e. The quantitative estimate of drug-likeness (QED) is 0.0404. The Morgan fingerprint density at radius 2 is 1.13 bits per heavy atom. The number of anilines is 2. The summed E-state index contributed by atoms with van der Waals surface area (Å²) in [5.74, 6) is -12.2. The second-order valence-electron chi connectivity index (χ2n) is 20.6. The summed E-state index contributed by atoms with van der Waals surface area (Å²) in [5.41, 5.74) is 11.1. The predicted molar refractivity (Wildman–Crippen MR) is 280 cm³/mol. The highest BCUT2D eigenvalue weighted by Crippen LogP contribution is 2.56. The molecule has 1 aromatic heterocycles. The van der Waals surface area contributed by atoms with E-state index in [4.69, 9.17) is 26.9 Å². The molecule has 6 aliphatic rings. The van der Waals surface area contributed by atoms with Gasteiger partial charge >= 0.3 is 0 Å². The van der Waals surface area contributed by atoms with Crippen LogP contribution < -0.4 is 27.0 Å². The van der Waals surface area contributed by atoms with Crippen LogP contribution in [0.3, 0.4) is 0 Å². The summed E-state index contributed by atoms with van der Waals surface area (Å²) in [4.78, 5) is 83.4. The van der Waals surface area contributed by atoms with E-state index in [-0.39, 0.29) is 95.7 Å². The number of aromatic nitrogens is 2. The van der Waals surface area contributed by atoms with E-state index in [1.165, 1.54) is 0 Å². The van der Waals surface area contributed by atoms with Gasteiger partial charge in [-0.1, -0.05) is 38.0 Å². The van der Waals surface area contributed by atoms with Crippen LogP contribution in [-0.4, -0.2) is 136 Å². The normalized spacial score (nSPS) is 24.9. The number of Topliss-reactive ketones (excluding diaryl/α,β-unsaturated/α-hetero) is 4. The smallest absolute Gasteiger partial charge is 0.261 e. The molecule has 0 bridgehead atoms. The van der Waals surface area contributed by atoms with E-state index >= 15 is 0 Å². The molecule has 406 valence electrons. The minimum atomic E-state index is -2.62. The van der Waals surface area contributed by atoms with Crippen molar-refractivity contribution in [2.75, 3.05) is 38.0 Å². The topological polar surface area (TPSA) is 420 Å². The lowest BCUT2D eigenvalue weighted by atomic mass is 9.59. The molecule has 24 nitrogen and oxygen atoms in total. The van der Waals surface area contributed by atoms with Crippen molar-refractivity contribution < 1.29 is 79.3 Å². The van der Waals surface area contributed by atoms with Crippen LogP contribution >= 0.6 is 22.6 Å². The zero-order chi connectivity index (χ0) is 56.7. The number of amidine groups is 1. The van der Waals surface area contributed by atoms with Crippen LogP contribution in [0.4, 0.5) is 11.4 Å². The summed E-state index contributed by atoms with van der Waals surface area (Å²) in [6.45, 7) is 7.47. The average Bonchev–Trinajstić information content (AvgIpc) is 3.87. The largest absolute Gasteiger partial charge is 0.508 e. The Morgan fingerprint density at radius 1 is 0.711 bits per heavy atom. The number of carbonyl (C=O) groups is 6. The molecule has 6 aliphatic carbocycles. The van der Waals surface area contributed by atoms with Gasteiger partial charge in [0.2, 0.25) is 11.6 Å². The SMILES string of the molecule is CC(C)/C(N)=N/O.CC(C)c1noc(-c2cc(N(C)C)c3c(c2O)C(O)=C2C(=O)[C@]4(O)C(O)=C(C(N)=O)C(=O)C[C@@H]4C[C@@H]2C3)n1.CN(C)c1cc(I)c(O)c2c1C[C@H]1C[C@H]3CC(=O)C(C(N)=O)=C(O)[C@@]3(O)C(=O)C1=C2O. The lowest BCUT2D eigenvalue weighted by Crippen LogP contribution is -2.58. The first-order valence-corrected chi connectivity index (χ1v) is 25.0. The van der Waals surface area contributed by atoms with Crippen LogP contribution in [0.2, 0.25) is 0 Å². The van der Waals surface area contributed by atoms with E-state index in [0.717, 1.165) is 5.69 Å². The number of fused-ring (bicyclic) bond motifs is 6. The number of aromatic hydroxyl groups is 2. The molecule has 0 aliphatic heterocycles. The number of carbonyl (C=O) groups excluding carboxylic acids is 6. The van der Waals surface area contributed by atoms with Crippen LogP contribution in [0.15, 0.2) is 55.6 Å². The Bertz CT molecular complexity index is 3220. The van der Waals surface area contributed by atoms with Crippen molar-refractivity contribution >= 4 is 86.3 Å². The third kappa shape index (κ3) is 8.85. The van der Waals surface area contributed by atoms with Crippen molar-refractivity contribution in [2.24, 2.45) is 51.9 Å². The molecule has 15 N–H and O–H groups in total. The summed E-state index contributed by atoms with van der Waals surface area (Å²) >= 11 is 1.92. The second-order valence-corrected chi connectivity index (χ2v) is 21.8. The van der Waals surface area contributed by atoms with Crippen LogP contribution in [0, 0.1) is 33.2 Å². The number of oxime groups is 1. The fourth-order valence-corrected chi connectivity index (χ4v) is 11.5. The fraction of sp³-hybridized carbons (Fsp3) is 0.431. The third-order valence-corrected chi connectivity index (χ3v) is 15.7. The van der Waals surface area contributed by atoms with E-state index in [2.05, 4.69) is 15.3 Å². The van der Waals surface area contributed by atoms with E-state index in [1.54, 1.807) is 31.1 Å². The molecule has 2 saturated carbocycles. The summed E-state index contributed by atoms with van der Waals surface area (Å²) in [7, 11) is 7.19. The Hall–Kier alpha value is -7.52. The van der Waals surface area contributed by atoms with Crippen molar-refractivity contribution in [3.05, 3.63) is 77.6 Å². The van der Waals surface area contributed by atoms with Gasteiger partial charge < -0.3 is 77.6 Å². The van der Waals surface area contributed by atoms with Crippen molar-refractivity contribution in [3.8, 4) is 23.0 Å². The van der Waals surface area contributed by atoms with Crippen LogP contribution in [-0.2, 0) is 41.6 Å². The number of halogens is 1. The van der Waals surface area contributed by atoms with Crippen LogP contribution in [0.25, 0.3) is 23.0 Å². The van der Waals surface area contributed by atoms with Crippen LogP contribution in [0.5, 0.6) is 11.5 Å². The van der Waals surface area contributed by atoms with Crippen molar-refractivity contribution in [3.63, 3.8) is 0 Å². The Morgan fingerprint density at radius 3 is 1.49 bits per heavy atom. The monoisotopic (exact) mass is 1170 g/mol. The van der Waals surface area contributed by atoms with E-state index in [1.807, 2.05) is 69.3 Å². The number of ketones is 4. The number of benzene rings is 2. The number of hydrogen-bond acceptors (Lipinski definition) is 21. The molecule has 25 heteroatoms. The number of nitrogens with two attached hydrogens (primary N) is 3. The van der Waals surface area contributed by atoms with Gasteiger partial charge in [-0.15, -0.1) is 0 Å². The number of primary amides is 2. The predicted octanol–water partition coefficient (Wildman–Crippen LogP) is 3.15. The first-order valence-electron chi connectivity index (χ1n) is 23.9. The van der Waals surface area contributed by atoms with E-state index in [9.17, 15) is 69.6 Å². The Kier molecular flexibility index (Phi) is 14.9. The molecule has 2 fully saturated rings. The molecular weight excluding hydrogens is 1110 g/mol. The Balaban J connectivity index is 0.000000200. The van der Waals surface area contributed by atoms with Gasteiger partial charge in [0.1, 0.15) is 51.5 Å². The number of rotatable bonds is 7. The molecule has 6 atom stereocenters. The highest BCUT2D eigenvalue weighted by Gasteiger charge is 2.62. The molecule has 9 rings (SSSR count). The first-order chi connectivity index (χ1) is 35.4. The molecule has 1 heterocycles. The molecule has 3 aromatic rings. The van der Waals surface area contributed by atoms with Gasteiger partial charge in [-0.3, -0.25) is 28.8 Å². The zero-order valence-corrected chi connectivity index (χ0v) is 44.7. The molecule has 2 amide bonds. The number of aliphatic hydroxyl groups is 6. The number of phenols is 2. The highest BCUT2D eigenvalue weighted by atomic mass is 127. The van der Waals surface area contributed by atoms with Crippen LogP contribution in [0.1, 0.15) is 87.4 Å². The van der Waals surface area contributed by atoms with Gasteiger partial charge in [-0.2, -0.15) is 4.98 Å². The van der Waals surface area contributed by atoms with Gasteiger partial charge in [0.15, 0.2) is 28.6 Å². The van der Waals surface area contributed by atoms with E-state index < -0.39 is 110 Å². The molecule has 0 saturated heterocycles. The van der Waals surface area contributed by atoms with Crippen molar-refractivity contribution in [2.45, 2.75) is 83.3 Å². The summed E-state index contributed by atoms with van der Waals surface area (Å²) in [6.07, 6.45) is -0.0616. The molecular formula is C51H59IN8O16. The highest BCUT2D eigenvalue weighted by molar-refractivity contribution is 14.1. The standard InChI is InChI=1S/C26H28N4O8.C21H21IN2O7.C4H10N2O/c1-9(2)24-28-25(38-29-24)13-8-14(30(3)4)12-6-10-5-11-7-15(31)18(23(27)36)22(35)26(11,37)21(34)16(10)20(33)17(12)19(13)32;1-24(2)11-6-10(22)16(26)14-9(11)4-7-3-8-5-12(25)15(20(23)30)19(29)21(8,31)18(28)13(7)17(14)27;1-3(2)4(5)6-7/h8-11,32-33,35,37H,5-7H2,1-4H3,(H2,27,36);6-8,26-27,29,31H,3-5H2,1-2H3,(H2,23,30);3,7H,1-2H3,(H2,5,6)/t10-,11+,26+;7-,8+,21+;/m11./s1. The number of phenolic OH excluding ortho intramolecular Hbond substituents is 2. The number of nitrogens with zero attached hydrogens (tertiary/aromatic N) is 5. The molecule has 76 heavy (non-hydrogen) atoms. The number of amides is 2. The van der Waals surface area contributed by atoms with Gasteiger partial charge in [-0.25, -0.2) is 0 Å². The lowest BCUT2D eigenvalue weighted by Gasteiger charge is -2.46. The second kappa shape index (κ2) is 20.2. The lowest BCUT2D eigenvalue weighted by molar-refractivity contribution is -0.148. The fourth-order valence-electron chi connectivity index (χ4n) is 11.0. The Labute approximate surface area is 447 Å². The van der Waals surface area contributed by atoms with Gasteiger partial charge in [-0.05, 0) is 83.4 Å². The number of aliphatic hydroxyl groups excluding tert-OH is 4. The summed E-state index contributed by atoms with van der Waals surface area (Å²) in [5, 5.41) is 103. The minimum absolute atomic E-state index is 0.0168. The summed E-state index contributed by atoms with van der Waals surface area (Å²) < 4.78 is 5.83. The molecule has 0 spiro atoms. The van der Waals surface area contributed by atoms with Gasteiger partial charge in [0.05, 0.1) is 20.3 Å². The summed E-state index contributed by atoms with van der Waals surface area (Å²) in [6, 6.07) is 3.43. The van der Waals surface area contributed by atoms with E-state index in [0.29, 0.717) is 26.2 Å². The maximum atomic E-state index is 13.7. The van der Waals surface area contributed by atoms with Gasteiger partial charge in [0.25, 0.3) is 17.7 Å². The van der Waals surface area contributed by atoms with Crippen molar-refractivity contribution in [1.29, 1.82) is 0 Å². The minimum Gasteiger partial charge on any atom is -0.508 e. The van der Waals surface area contributed by atoms with Gasteiger partial charge in [0, 0.05) is 87.2 Å². The molecule has 2 aromatic carbocycles. The average molecular weight is 1170 g/mol. The zero-order valence-electron chi connectivity index (χ0n) is 42.6. The molecule has 0 unspecified atom stereocenters.